The first-order valence-corrected chi connectivity index (χ1v) is 6.80. The normalized spacial score (nSPS) is 10.3. The quantitative estimate of drug-likeness (QED) is 0.852. The fraction of sp³-hybridized carbons (Fsp3) is 0. The van der Waals surface area contributed by atoms with E-state index in [9.17, 15) is 4.79 Å². The van der Waals surface area contributed by atoms with Crippen LogP contribution < -0.4 is 11.5 Å². The minimum Gasteiger partial charge on any atom is -0.398 e. The van der Waals surface area contributed by atoms with Crippen LogP contribution in [0.15, 0.2) is 56.7 Å². The van der Waals surface area contributed by atoms with Crippen molar-refractivity contribution in [3.05, 3.63) is 52.5 Å². The molecular weight excluding hydrogens is 312 g/mol. The second kappa shape index (κ2) is 5.46. The minimum atomic E-state index is -0.451. The Kier molecular flexibility index (Phi) is 3.93. The highest BCUT2D eigenvalue weighted by Gasteiger charge is 2.06. The summed E-state index contributed by atoms with van der Waals surface area (Å²) in [5.41, 5.74) is 12.2. The number of halogens is 1. The number of hydrogen-bond donors (Lipinski definition) is 2. The summed E-state index contributed by atoms with van der Waals surface area (Å²) in [5.74, 6) is -0.451. The van der Waals surface area contributed by atoms with Gasteiger partial charge in [-0.1, -0.05) is 27.7 Å². The molecule has 0 bridgehead atoms. The number of anilines is 1. The Morgan fingerprint density at radius 3 is 2.39 bits per heavy atom. The SMILES string of the molecule is NC(=O)c1ccc(N)c(Sc2ccc(Br)cc2)c1. The lowest BCUT2D eigenvalue weighted by molar-refractivity contribution is 0.1000. The number of benzene rings is 2. The van der Waals surface area contributed by atoms with Crippen LogP contribution in [0.2, 0.25) is 0 Å². The van der Waals surface area contributed by atoms with E-state index in [-0.39, 0.29) is 0 Å². The molecule has 0 atom stereocenters. The van der Waals surface area contributed by atoms with Crippen molar-refractivity contribution in [1.29, 1.82) is 0 Å². The predicted octanol–water partition coefficient (Wildman–Crippen LogP) is 3.28. The van der Waals surface area contributed by atoms with E-state index < -0.39 is 5.91 Å². The molecule has 0 saturated carbocycles. The van der Waals surface area contributed by atoms with Crippen LogP contribution >= 0.6 is 27.7 Å². The fourth-order valence-corrected chi connectivity index (χ4v) is 2.57. The molecule has 18 heavy (non-hydrogen) atoms. The van der Waals surface area contributed by atoms with Crippen LogP contribution in [0.25, 0.3) is 0 Å². The van der Waals surface area contributed by atoms with Gasteiger partial charge >= 0.3 is 0 Å². The van der Waals surface area contributed by atoms with Crippen LogP contribution in [0.4, 0.5) is 5.69 Å². The third-order valence-electron chi connectivity index (χ3n) is 2.34. The van der Waals surface area contributed by atoms with Crippen molar-refractivity contribution in [3.63, 3.8) is 0 Å². The Balaban J connectivity index is 2.30. The molecule has 92 valence electrons. The number of nitrogen functional groups attached to an aromatic ring is 1. The first-order chi connectivity index (χ1) is 8.56. The van der Waals surface area contributed by atoms with Gasteiger partial charge in [0.25, 0.3) is 0 Å². The molecule has 0 saturated heterocycles. The highest BCUT2D eigenvalue weighted by Crippen LogP contribution is 2.33. The Hall–Kier alpha value is -1.46. The lowest BCUT2D eigenvalue weighted by Gasteiger charge is -2.07. The van der Waals surface area contributed by atoms with E-state index in [1.54, 1.807) is 18.2 Å². The van der Waals surface area contributed by atoms with Gasteiger partial charge in [-0.2, -0.15) is 0 Å². The van der Waals surface area contributed by atoms with Crippen molar-refractivity contribution in [2.45, 2.75) is 9.79 Å². The van der Waals surface area contributed by atoms with Gasteiger partial charge in [0.2, 0.25) is 5.91 Å². The van der Waals surface area contributed by atoms with Gasteiger partial charge in [0.05, 0.1) is 0 Å². The molecule has 0 aliphatic heterocycles. The Bertz CT molecular complexity index is 584. The molecule has 4 N–H and O–H groups in total. The van der Waals surface area contributed by atoms with Crippen LogP contribution in [-0.4, -0.2) is 5.91 Å². The molecule has 2 aromatic carbocycles. The Morgan fingerprint density at radius 1 is 1.11 bits per heavy atom. The fourth-order valence-electron chi connectivity index (χ4n) is 1.41. The molecule has 0 aliphatic carbocycles. The Labute approximate surface area is 118 Å². The van der Waals surface area contributed by atoms with Gasteiger partial charge in [-0.25, -0.2) is 0 Å². The molecule has 0 radical (unpaired) electrons. The van der Waals surface area contributed by atoms with E-state index in [1.165, 1.54) is 11.8 Å². The van der Waals surface area contributed by atoms with Crippen molar-refractivity contribution in [2.75, 3.05) is 5.73 Å². The maximum absolute atomic E-state index is 11.1. The summed E-state index contributed by atoms with van der Waals surface area (Å²) >= 11 is 4.88. The largest absolute Gasteiger partial charge is 0.398 e. The number of nitrogens with two attached hydrogens (primary N) is 2. The van der Waals surface area contributed by atoms with Crippen molar-refractivity contribution in [2.24, 2.45) is 5.73 Å². The highest BCUT2D eigenvalue weighted by molar-refractivity contribution is 9.10. The number of amides is 1. The van der Waals surface area contributed by atoms with Crippen LogP contribution in [-0.2, 0) is 0 Å². The summed E-state index contributed by atoms with van der Waals surface area (Å²) in [6, 6.07) is 12.9. The topological polar surface area (TPSA) is 69.1 Å². The van der Waals surface area contributed by atoms with Gasteiger partial charge in [0.15, 0.2) is 0 Å². The first kappa shape index (κ1) is 13.0. The molecule has 0 unspecified atom stereocenters. The molecule has 2 aromatic rings. The molecular formula is C13H11BrN2OS. The first-order valence-electron chi connectivity index (χ1n) is 5.19. The molecule has 0 aliphatic rings. The van der Waals surface area contributed by atoms with Crippen LogP contribution in [0, 0.1) is 0 Å². The number of hydrogen-bond acceptors (Lipinski definition) is 3. The molecule has 0 aromatic heterocycles. The van der Waals surface area contributed by atoms with E-state index in [0.29, 0.717) is 11.3 Å². The Morgan fingerprint density at radius 2 is 1.78 bits per heavy atom. The summed E-state index contributed by atoms with van der Waals surface area (Å²) in [4.78, 5) is 13.0. The molecule has 5 heteroatoms. The zero-order valence-corrected chi connectivity index (χ0v) is 11.8. The molecule has 0 spiro atoms. The predicted molar refractivity (Wildman–Crippen MR) is 77.6 cm³/mol. The van der Waals surface area contributed by atoms with Crippen molar-refractivity contribution in [3.8, 4) is 0 Å². The van der Waals surface area contributed by atoms with Crippen LogP contribution in [0.1, 0.15) is 10.4 Å². The van der Waals surface area contributed by atoms with Gasteiger partial charge in [0, 0.05) is 25.5 Å². The van der Waals surface area contributed by atoms with Crippen molar-refractivity contribution in [1.82, 2.24) is 0 Å². The lowest BCUT2D eigenvalue weighted by Crippen LogP contribution is -2.11. The number of carbonyl (C=O) groups is 1. The molecule has 0 heterocycles. The maximum atomic E-state index is 11.1. The van der Waals surface area contributed by atoms with Crippen molar-refractivity contribution < 1.29 is 4.79 Å². The second-order valence-corrected chi connectivity index (χ2v) is 5.70. The second-order valence-electron chi connectivity index (χ2n) is 3.67. The number of primary amides is 1. The number of carbonyl (C=O) groups excluding carboxylic acids is 1. The maximum Gasteiger partial charge on any atom is 0.248 e. The van der Waals surface area contributed by atoms with E-state index >= 15 is 0 Å². The van der Waals surface area contributed by atoms with Crippen LogP contribution in [0.3, 0.4) is 0 Å². The summed E-state index contributed by atoms with van der Waals surface area (Å²) in [6.45, 7) is 0. The van der Waals surface area contributed by atoms with Gasteiger partial charge < -0.3 is 11.5 Å². The van der Waals surface area contributed by atoms with E-state index in [4.69, 9.17) is 11.5 Å². The third kappa shape index (κ3) is 3.05. The summed E-state index contributed by atoms with van der Waals surface area (Å²) in [7, 11) is 0. The molecule has 1 amide bonds. The van der Waals surface area contributed by atoms with Gasteiger partial charge in [-0.15, -0.1) is 0 Å². The monoisotopic (exact) mass is 322 g/mol. The average Bonchev–Trinajstić information content (AvgIpc) is 2.34. The standard InChI is InChI=1S/C13H11BrN2OS/c14-9-2-4-10(5-3-9)18-12-7-8(13(16)17)1-6-11(12)15/h1-7H,15H2,(H2,16,17). The molecule has 3 nitrogen and oxygen atoms in total. The van der Waals surface area contributed by atoms with Crippen LogP contribution in [0.5, 0.6) is 0 Å². The van der Waals surface area contributed by atoms with Gasteiger partial charge in [0.1, 0.15) is 0 Å². The highest BCUT2D eigenvalue weighted by atomic mass is 79.9. The zero-order chi connectivity index (χ0) is 13.1. The van der Waals surface area contributed by atoms with Gasteiger partial charge in [-0.3, -0.25) is 4.79 Å². The molecule has 0 fully saturated rings. The van der Waals surface area contributed by atoms with E-state index in [1.807, 2.05) is 24.3 Å². The van der Waals surface area contributed by atoms with E-state index in [2.05, 4.69) is 15.9 Å². The zero-order valence-electron chi connectivity index (χ0n) is 9.39. The van der Waals surface area contributed by atoms with E-state index in [0.717, 1.165) is 14.3 Å². The minimum absolute atomic E-state index is 0.451. The summed E-state index contributed by atoms with van der Waals surface area (Å²) < 4.78 is 1.02. The summed E-state index contributed by atoms with van der Waals surface area (Å²) in [6.07, 6.45) is 0. The van der Waals surface area contributed by atoms with Gasteiger partial charge in [-0.05, 0) is 42.5 Å². The lowest BCUT2D eigenvalue weighted by atomic mass is 10.2. The average molecular weight is 323 g/mol. The number of rotatable bonds is 3. The third-order valence-corrected chi connectivity index (χ3v) is 3.95. The smallest absolute Gasteiger partial charge is 0.248 e. The van der Waals surface area contributed by atoms with Crippen molar-refractivity contribution >= 4 is 39.3 Å². The molecule has 2 rings (SSSR count). The summed E-state index contributed by atoms with van der Waals surface area (Å²) in [5, 5.41) is 0.